The van der Waals surface area contributed by atoms with Crippen LogP contribution in [0, 0.1) is 0 Å². The summed E-state index contributed by atoms with van der Waals surface area (Å²) in [5, 5.41) is 4.50. The Morgan fingerprint density at radius 1 is 1.18 bits per heavy atom. The molecule has 1 aliphatic carbocycles. The van der Waals surface area contributed by atoms with Crippen LogP contribution in [0.25, 0.3) is 0 Å². The second-order valence-corrected chi connectivity index (χ2v) is 8.85. The van der Waals surface area contributed by atoms with Crippen molar-refractivity contribution >= 4 is 35.4 Å². The molecule has 1 fully saturated rings. The molecule has 2 aromatic carbocycles. The largest absolute Gasteiger partial charge is 0.489 e. The number of amides is 2. The van der Waals surface area contributed by atoms with Gasteiger partial charge in [0, 0.05) is 35.3 Å². The number of benzene rings is 2. The van der Waals surface area contributed by atoms with E-state index in [1.54, 1.807) is 6.20 Å². The molecule has 0 saturated heterocycles. The van der Waals surface area contributed by atoms with E-state index < -0.39 is 16.8 Å². The maximum Gasteiger partial charge on any atom is 0.417 e. The van der Waals surface area contributed by atoms with Gasteiger partial charge in [-0.1, -0.05) is 11.6 Å². The number of hydrogen-bond donors (Lipinski definition) is 3. The zero-order valence-electron chi connectivity index (χ0n) is 20.1. The summed E-state index contributed by atoms with van der Waals surface area (Å²) < 4.78 is 48.6. The van der Waals surface area contributed by atoms with Crippen molar-refractivity contribution in [2.24, 2.45) is 5.73 Å². The van der Waals surface area contributed by atoms with Crippen LogP contribution in [-0.4, -0.2) is 30.5 Å². The molecule has 3 aliphatic rings. The number of hydrogen-bond acceptors (Lipinski definition) is 6. The first kappa shape index (κ1) is 27.2. The van der Waals surface area contributed by atoms with E-state index in [1.807, 2.05) is 18.2 Å². The Bertz CT molecular complexity index is 1350. The summed E-state index contributed by atoms with van der Waals surface area (Å²) in [5.74, 6) is 3.71. The lowest BCUT2D eigenvalue weighted by atomic mass is 10.1. The highest BCUT2D eigenvalue weighted by Gasteiger charge is 2.48. The van der Waals surface area contributed by atoms with E-state index in [2.05, 4.69) is 27.4 Å². The highest BCUT2D eigenvalue weighted by atomic mass is 35.5. The second-order valence-electron chi connectivity index (χ2n) is 8.44. The van der Waals surface area contributed by atoms with Gasteiger partial charge in [0.1, 0.15) is 29.2 Å². The Balaban J connectivity index is 0.000000183. The number of ether oxygens (including phenoxy) is 2. The van der Waals surface area contributed by atoms with Crippen LogP contribution in [0.5, 0.6) is 17.2 Å². The highest BCUT2D eigenvalue weighted by molar-refractivity contribution is 6.31. The number of rotatable bonds is 4. The molecule has 12 heteroatoms. The van der Waals surface area contributed by atoms with Gasteiger partial charge in [0.15, 0.2) is 0 Å². The summed E-state index contributed by atoms with van der Waals surface area (Å²) in [6.45, 7) is 0. The Morgan fingerprint density at radius 2 is 1.97 bits per heavy atom. The molecule has 0 spiro atoms. The molecule has 2 atom stereocenters. The molecule has 0 bridgehead atoms. The normalized spacial score (nSPS) is 18.0. The van der Waals surface area contributed by atoms with Crippen LogP contribution in [-0.2, 0) is 22.2 Å². The van der Waals surface area contributed by atoms with Gasteiger partial charge >= 0.3 is 6.18 Å². The number of nitrogens with two attached hydrogens (primary N) is 1. The molecule has 6 rings (SSSR count). The van der Waals surface area contributed by atoms with Crippen LogP contribution >= 0.6 is 11.6 Å². The summed E-state index contributed by atoms with van der Waals surface area (Å²) >= 11 is 5.34. The van der Waals surface area contributed by atoms with E-state index in [1.165, 1.54) is 18.7 Å². The minimum atomic E-state index is -4.52. The first-order valence-corrected chi connectivity index (χ1v) is 12.0. The molecule has 38 heavy (non-hydrogen) atoms. The summed E-state index contributed by atoms with van der Waals surface area (Å²) in [5.41, 5.74) is 5.80. The zero-order valence-corrected chi connectivity index (χ0v) is 20.9. The fourth-order valence-electron chi connectivity index (χ4n) is 4.16. The van der Waals surface area contributed by atoms with Crippen molar-refractivity contribution in [2.45, 2.75) is 37.5 Å². The first-order chi connectivity index (χ1) is 18.2. The minimum Gasteiger partial charge on any atom is -0.489 e. The Morgan fingerprint density at radius 3 is 2.71 bits per heavy atom. The highest BCUT2D eigenvalue weighted by Crippen LogP contribution is 2.54. The molecule has 2 unspecified atom stereocenters. The molecular weight excluding hydrogens is 525 g/mol. The minimum absolute atomic E-state index is 0.00612. The predicted octanol–water partition coefficient (Wildman–Crippen LogP) is 5.51. The van der Waals surface area contributed by atoms with Crippen LogP contribution in [0.1, 0.15) is 35.4 Å². The van der Waals surface area contributed by atoms with Crippen molar-refractivity contribution in [2.75, 3.05) is 17.7 Å². The summed E-state index contributed by atoms with van der Waals surface area (Å²) in [6, 6.07) is 11.0. The fourth-order valence-corrected chi connectivity index (χ4v) is 4.38. The molecule has 8 nitrogen and oxygen atoms in total. The topological polar surface area (TPSA) is 116 Å². The lowest BCUT2D eigenvalue weighted by Gasteiger charge is -2.19. The van der Waals surface area contributed by atoms with Crippen LogP contribution in [0.15, 0.2) is 48.7 Å². The number of nitrogens with zero attached hydrogens (tertiary/aromatic N) is 1. The number of carbonyl (C=O) groups is 2. The van der Waals surface area contributed by atoms with Crippen molar-refractivity contribution in [3.8, 4) is 17.2 Å². The van der Waals surface area contributed by atoms with Crippen molar-refractivity contribution in [1.82, 2.24) is 4.98 Å². The predicted molar refractivity (Wildman–Crippen MR) is 136 cm³/mol. The molecule has 2 amide bonds. The van der Waals surface area contributed by atoms with Crippen molar-refractivity contribution in [1.29, 1.82) is 0 Å². The molecule has 3 heterocycles. The second kappa shape index (κ2) is 11.3. The number of nitrogens with one attached hydrogen (secondary N) is 2. The summed E-state index contributed by atoms with van der Waals surface area (Å²) in [4.78, 5) is 25.7. The molecule has 3 aromatic rings. The molecule has 200 valence electrons. The van der Waals surface area contributed by atoms with Crippen LogP contribution in [0.3, 0.4) is 0 Å². The quantitative estimate of drug-likeness (QED) is 0.370. The van der Waals surface area contributed by atoms with Gasteiger partial charge in [0.2, 0.25) is 12.3 Å². The fraction of sp³-hybridized carbons (Fsp3) is 0.269. The lowest BCUT2D eigenvalue weighted by Crippen LogP contribution is -2.20. The summed E-state index contributed by atoms with van der Waals surface area (Å²) in [6.07, 6.45) is 0.0653. The average Bonchev–Trinajstić information content (AvgIpc) is 3.58. The molecule has 1 saturated carbocycles. The van der Waals surface area contributed by atoms with Gasteiger partial charge in [-0.05, 0) is 62.4 Å². The van der Waals surface area contributed by atoms with Gasteiger partial charge in [-0.2, -0.15) is 13.2 Å². The van der Waals surface area contributed by atoms with Crippen molar-refractivity contribution in [3.05, 3.63) is 70.4 Å². The first-order valence-electron chi connectivity index (χ1n) is 11.6. The number of halogens is 4. The number of pyridine rings is 1. The zero-order chi connectivity index (χ0) is 27.4. The Labute approximate surface area is 221 Å². The van der Waals surface area contributed by atoms with E-state index in [0.29, 0.717) is 37.1 Å². The molecule has 0 radical (unpaired) electrons. The van der Waals surface area contributed by atoms with E-state index in [0.717, 1.165) is 41.4 Å². The molecular formula is C26H24ClF3N4O4. The third-order valence-electron chi connectivity index (χ3n) is 5.99. The number of alkyl halides is 3. The van der Waals surface area contributed by atoms with E-state index in [4.69, 9.17) is 21.1 Å². The number of anilines is 2. The molecule has 2 aliphatic heterocycles. The van der Waals surface area contributed by atoms with Crippen molar-refractivity contribution in [3.63, 3.8) is 0 Å². The van der Waals surface area contributed by atoms with Gasteiger partial charge in [0.25, 0.3) is 0 Å². The smallest absolute Gasteiger partial charge is 0.417 e. The number of fused-ring (bicyclic) bond motifs is 4. The standard InChI is InChI=1S/C17H14N2O3.C8H5ClF3NO.CH5N/c20-16-4-2-10-14(5-6-18-17(10)19-16)21-9-1-3-13-11(7-9)12-8-15(12)22-13;9-7-2-1-5(13-4-14)3-6(7)8(10,11)12;1-2/h1,3,5-7,12,15H,2,4,8H2,(H,18,19,20);1-4H,(H,13,14);2H2,1H3. The van der Waals surface area contributed by atoms with Gasteiger partial charge < -0.3 is 25.8 Å². The molecule has 4 N–H and O–H groups in total. The van der Waals surface area contributed by atoms with E-state index >= 15 is 0 Å². The molecule has 1 aromatic heterocycles. The summed E-state index contributed by atoms with van der Waals surface area (Å²) in [7, 11) is 1.50. The van der Waals surface area contributed by atoms with E-state index in [-0.39, 0.29) is 11.6 Å². The number of aromatic nitrogens is 1. The Hall–Kier alpha value is -3.83. The monoisotopic (exact) mass is 548 g/mol. The van der Waals surface area contributed by atoms with Gasteiger partial charge in [-0.25, -0.2) is 4.98 Å². The van der Waals surface area contributed by atoms with Crippen molar-refractivity contribution < 1.29 is 32.2 Å². The maximum absolute atomic E-state index is 12.3. The SMILES string of the molecule is CN.O=C1CCc2c(Oc3ccc4c(c3)C3CC3O4)ccnc2N1.O=CNc1ccc(Cl)c(C(F)(F)F)c1. The third-order valence-corrected chi connectivity index (χ3v) is 6.32. The van der Waals surface area contributed by atoms with Crippen LogP contribution in [0.4, 0.5) is 24.7 Å². The number of carbonyl (C=O) groups excluding carboxylic acids is 2. The average molecular weight is 549 g/mol. The van der Waals surface area contributed by atoms with Gasteiger partial charge in [-0.15, -0.1) is 0 Å². The lowest BCUT2D eigenvalue weighted by molar-refractivity contribution is -0.137. The third kappa shape index (κ3) is 6.00. The van der Waals surface area contributed by atoms with Gasteiger partial charge in [-0.3, -0.25) is 9.59 Å². The van der Waals surface area contributed by atoms with Crippen LogP contribution < -0.4 is 25.8 Å². The van der Waals surface area contributed by atoms with E-state index in [9.17, 15) is 22.8 Å². The van der Waals surface area contributed by atoms with Crippen LogP contribution in [0.2, 0.25) is 5.02 Å². The Kier molecular flexibility index (Phi) is 8.08. The van der Waals surface area contributed by atoms with Gasteiger partial charge in [0.05, 0.1) is 10.6 Å². The maximum atomic E-state index is 12.3.